The maximum absolute atomic E-state index is 13.9. The van der Waals surface area contributed by atoms with Crippen LogP contribution in [-0.2, 0) is 0 Å². The number of halogens is 3. The number of anilines is 2. The van der Waals surface area contributed by atoms with E-state index >= 15 is 0 Å². The van der Waals surface area contributed by atoms with E-state index in [1.807, 2.05) is 0 Å². The maximum atomic E-state index is 13.9. The second kappa shape index (κ2) is 8.18. The summed E-state index contributed by atoms with van der Waals surface area (Å²) in [7, 11) is 0. The summed E-state index contributed by atoms with van der Waals surface area (Å²) in [4.78, 5) is 30.8. The summed E-state index contributed by atoms with van der Waals surface area (Å²) in [6, 6.07) is 7.03. The molecule has 1 fully saturated rings. The topological polar surface area (TPSA) is 88.3 Å². The van der Waals surface area contributed by atoms with Crippen molar-refractivity contribution in [2.75, 3.05) is 23.3 Å². The Morgan fingerprint density at radius 3 is 2.71 bits per heavy atom. The van der Waals surface area contributed by atoms with Gasteiger partial charge < -0.3 is 16.0 Å². The minimum Gasteiger partial charge on any atom is -0.365 e. The zero-order chi connectivity index (χ0) is 22.2. The second-order valence-corrected chi connectivity index (χ2v) is 8.32. The molecule has 0 unspecified atom stereocenters. The van der Waals surface area contributed by atoms with E-state index in [0.717, 1.165) is 11.3 Å². The molecule has 162 valence electrons. The Morgan fingerprint density at radius 2 is 1.97 bits per heavy atom. The molecule has 1 aliphatic heterocycles. The Hall–Kier alpha value is -3.14. The average molecular weight is 448 g/mol. The molecule has 3 N–H and O–H groups in total. The van der Waals surface area contributed by atoms with Crippen LogP contribution >= 0.6 is 11.3 Å². The van der Waals surface area contributed by atoms with E-state index in [2.05, 4.69) is 10.3 Å². The van der Waals surface area contributed by atoms with Crippen molar-refractivity contribution in [3.05, 3.63) is 52.0 Å². The normalized spacial score (nSPS) is 16.2. The van der Waals surface area contributed by atoms with Crippen molar-refractivity contribution in [2.45, 2.75) is 25.2 Å². The number of amides is 2. The molecule has 2 amide bonds. The number of nitrogens with one attached hydrogen (secondary N) is 1. The minimum atomic E-state index is -2.78. The molecule has 0 radical (unpaired) electrons. The van der Waals surface area contributed by atoms with Gasteiger partial charge in [-0.2, -0.15) is 0 Å². The summed E-state index contributed by atoms with van der Waals surface area (Å²) in [6.07, 6.45) is -0.356. The first-order valence-electron chi connectivity index (χ1n) is 9.65. The number of benzene rings is 1. The van der Waals surface area contributed by atoms with Gasteiger partial charge in [-0.15, -0.1) is 11.3 Å². The smallest absolute Gasteiger partial charge is 0.259 e. The molecule has 6 nitrogen and oxygen atoms in total. The first-order valence-corrected chi connectivity index (χ1v) is 10.5. The van der Waals surface area contributed by atoms with Crippen LogP contribution in [0, 0.1) is 5.82 Å². The number of rotatable bonds is 4. The van der Waals surface area contributed by atoms with Crippen LogP contribution in [0.5, 0.6) is 0 Å². The van der Waals surface area contributed by atoms with Crippen LogP contribution < -0.4 is 16.0 Å². The molecule has 3 heterocycles. The molecule has 2 aromatic heterocycles. The largest absolute Gasteiger partial charge is 0.365 e. The number of hydrogen-bond acceptors (Lipinski definition) is 5. The molecular weight excluding hydrogens is 429 g/mol. The second-order valence-electron chi connectivity index (χ2n) is 7.41. The van der Waals surface area contributed by atoms with E-state index in [-0.39, 0.29) is 42.1 Å². The Kier molecular flexibility index (Phi) is 5.57. The number of nitrogens with two attached hydrogens (primary N) is 1. The lowest BCUT2D eigenvalue weighted by molar-refractivity contribution is -0.0102. The Labute approximate surface area is 179 Å². The van der Waals surface area contributed by atoms with Crippen molar-refractivity contribution in [3.8, 4) is 0 Å². The predicted molar refractivity (Wildman–Crippen MR) is 114 cm³/mol. The molecule has 1 aliphatic rings. The number of nitrogens with zero attached hydrogens (tertiary/aromatic N) is 2. The number of pyridine rings is 1. The highest BCUT2D eigenvalue weighted by atomic mass is 32.1. The molecule has 0 saturated carbocycles. The highest BCUT2D eigenvalue weighted by Gasteiger charge is 2.33. The van der Waals surface area contributed by atoms with E-state index in [1.165, 1.54) is 24.3 Å². The van der Waals surface area contributed by atoms with Gasteiger partial charge in [0.15, 0.2) is 0 Å². The summed E-state index contributed by atoms with van der Waals surface area (Å²) in [5.74, 6) is -4.16. The Balaban J connectivity index is 1.72. The van der Waals surface area contributed by atoms with Crippen LogP contribution in [0.4, 0.5) is 24.7 Å². The van der Waals surface area contributed by atoms with E-state index in [0.29, 0.717) is 23.1 Å². The van der Waals surface area contributed by atoms with Gasteiger partial charge in [0.1, 0.15) is 11.6 Å². The van der Waals surface area contributed by atoms with Crippen LogP contribution in [0.1, 0.15) is 39.3 Å². The molecule has 0 atom stereocenters. The van der Waals surface area contributed by atoms with Crippen LogP contribution in [0.15, 0.2) is 35.7 Å². The van der Waals surface area contributed by atoms with Gasteiger partial charge in [0, 0.05) is 42.8 Å². The Bertz CT molecular complexity index is 1160. The van der Waals surface area contributed by atoms with Gasteiger partial charge in [-0.3, -0.25) is 9.59 Å². The third-order valence-electron chi connectivity index (χ3n) is 5.12. The summed E-state index contributed by atoms with van der Waals surface area (Å²) < 4.78 is 41.4. The van der Waals surface area contributed by atoms with E-state index < -0.39 is 23.6 Å². The summed E-state index contributed by atoms with van der Waals surface area (Å²) in [5.41, 5.74) is 6.14. The number of hydrogen-bond donors (Lipinski definition) is 2. The standard InChI is InChI=1S/C21H19F3N4O2S/c22-13-3-2-12-8-15(20(30)26-14-10-17(18(25)29)31-11-14)19(27-16(12)9-13)28-6-1-4-21(23,24)5-7-28/h2-3,8-11H,1,4-7H2,(H2,25,29)(H,26,30). The van der Waals surface area contributed by atoms with Crippen molar-refractivity contribution in [2.24, 2.45) is 5.73 Å². The maximum Gasteiger partial charge on any atom is 0.259 e. The van der Waals surface area contributed by atoms with Gasteiger partial charge in [-0.05, 0) is 30.7 Å². The third kappa shape index (κ3) is 4.63. The lowest BCUT2D eigenvalue weighted by Gasteiger charge is -2.24. The van der Waals surface area contributed by atoms with Gasteiger partial charge in [-0.25, -0.2) is 18.2 Å². The van der Waals surface area contributed by atoms with Crippen LogP contribution in [-0.4, -0.2) is 35.8 Å². The fourth-order valence-corrected chi connectivity index (χ4v) is 4.24. The van der Waals surface area contributed by atoms with E-state index in [4.69, 9.17) is 5.73 Å². The number of fused-ring (bicyclic) bond motifs is 1. The molecule has 31 heavy (non-hydrogen) atoms. The minimum absolute atomic E-state index is 0.0192. The fraction of sp³-hybridized carbons (Fsp3) is 0.286. The molecule has 0 bridgehead atoms. The first kappa shape index (κ1) is 21.1. The molecule has 1 aromatic carbocycles. The quantitative estimate of drug-likeness (QED) is 0.619. The number of carbonyl (C=O) groups is 2. The third-order valence-corrected chi connectivity index (χ3v) is 6.07. The zero-order valence-corrected chi connectivity index (χ0v) is 17.1. The average Bonchev–Trinajstić information content (AvgIpc) is 3.10. The number of thiophene rings is 1. The zero-order valence-electron chi connectivity index (χ0n) is 16.3. The van der Waals surface area contributed by atoms with Crippen molar-refractivity contribution in [1.29, 1.82) is 0 Å². The molecule has 1 saturated heterocycles. The van der Waals surface area contributed by atoms with Crippen molar-refractivity contribution >= 4 is 45.6 Å². The van der Waals surface area contributed by atoms with Gasteiger partial charge in [0.2, 0.25) is 5.92 Å². The molecule has 0 aliphatic carbocycles. The lowest BCUT2D eigenvalue weighted by atomic mass is 10.1. The fourth-order valence-electron chi connectivity index (χ4n) is 3.54. The van der Waals surface area contributed by atoms with E-state index in [9.17, 15) is 22.8 Å². The van der Waals surface area contributed by atoms with Gasteiger partial charge in [0.25, 0.3) is 11.8 Å². The Morgan fingerprint density at radius 1 is 1.16 bits per heavy atom. The van der Waals surface area contributed by atoms with Crippen LogP contribution in [0.2, 0.25) is 0 Å². The monoisotopic (exact) mass is 448 g/mol. The highest BCUT2D eigenvalue weighted by molar-refractivity contribution is 7.12. The van der Waals surface area contributed by atoms with Crippen molar-refractivity contribution in [1.82, 2.24) is 4.98 Å². The summed E-state index contributed by atoms with van der Waals surface area (Å²) >= 11 is 1.09. The predicted octanol–water partition coefficient (Wildman–Crippen LogP) is 4.41. The highest BCUT2D eigenvalue weighted by Crippen LogP contribution is 2.32. The molecular formula is C21H19F3N4O2S. The van der Waals surface area contributed by atoms with Crippen molar-refractivity contribution < 1.29 is 22.8 Å². The van der Waals surface area contributed by atoms with Crippen LogP contribution in [0.3, 0.4) is 0 Å². The van der Waals surface area contributed by atoms with E-state index in [1.54, 1.807) is 16.3 Å². The number of aromatic nitrogens is 1. The van der Waals surface area contributed by atoms with Gasteiger partial charge >= 0.3 is 0 Å². The molecule has 3 aromatic rings. The van der Waals surface area contributed by atoms with Gasteiger partial charge in [0.05, 0.1) is 21.6 Å². The summed E-state index contributed by atoms with van der Waals surface area (Å²) in [6.45, 7) is 0.319. The number of alkyl halides is 2. The summed E-state index contributed by atoms with van der Waals surface area (Å²) in [5, 5.41) is 4.81. The lowest BCUT2D eigenvalue weighted by Crippen LogP contribution is -2.29. The van der Waals surface area contributed by atoms with Crippen molar-refractivity contribution in [3.63, 3.8) is 0 Å². The van der Waals surface area contributed by atoms with Crippen LogP contribution in [0.25, 0.3) is 10.9 Å². The first-order chi connectivity index (χ1) is 14.7. The van der Waals surface area contributed by atoms with Gasteiger partial charge in [-0.1, -0.05) is 0 Å². The number of primary amides is 1. The molecule has 4 rings (SSSR count). The number of carbonyl (C=O) groups excluding carboxylic acids is 2. The SMILES string of the molecule is NC(=O)c1cc(NC(=O)c2cc3ccc(F)cc3nc2N2CCCC(F)(F)CC2)cs1. The molecule has 10 heteroatoms. The molecule has 0 spiro atoms.